The molecule has 4 N–H and O–H groups in total. The van der Waals surface area contributed by atoms with Crippen molar-refractivity contribution in [3.8, 4) is 0 Å². The fourth-order valence-corrected chi connectivity index (χ4v) is 1.65. The average molecular weight is 284 g/mol. The Hall–Kier alpha value is -2.89. The van der Waals surface area contributed by atoms with Gasteiger partial charge >= 0.3 is 0 Å². The lowest BCUT2D eigenvalue weighted by atomic mass is 10.2. The quantitative estimate of drug-likeness (QED) is 0.704. The number of nitrogens with one attached hydrogen (secondary N) is 2. The third kappa shape index (κ3) is 4.61. The zero-order valence-electron chi connectivity index (χ0n) is 11.4. The number of aromatic nitrogens is 1. The Morgan fingerprint density at radius 1 is 1.05 bits per heavy atom. The van der Waals surface area contributed by atoms with Crippen LogP contribution in [0.15, 0.2) is 48.7 Å². The smallest absolute Gasteiger partial charge is 0.251 e. The fraction of sp³-hybridized carbons (Fsp3) is 0.133. The highest BCUT2D eigenvalue weighted by Gasteiger charge is 2.07. The Morgan fingerprint density at radius 2 is 1.81 bits per heavy atom. The molecule has 0 saturated carbocycles. The van der Waals surface area contributed by atoms with Crippen molar-refractivity contribution in [2.45, 2.75) is 6.54 Å². The molecule has 6 nitrogen and oxygen atoms in total. The van der Waals surface area contributed by atoms with Crippen molar-refractivity contribution in [3.05, 3.63) is 59.9 Å². The number of rotatable bonds is 5. The van der Waals surface area contributed by atoms with Crippen LogP contribution in [0.4, 0.5) is 5.69 Å². The number of carbonyl (C=O) groups is 2. The summed E-state index contributed by atoms with van der Waals surface area (Å²) in [4.78, 5) is 27.5. The highest BCUT2D eigenvalue weighted by atomic mass is 16.2. The Bertz CT molecular complexity index is 611. The molecule has 1 aromatic carbocycles. The predicted molar refractivity (Wildman–Crippen MR) is 79.3 cm³/mol. The standard InChI is InChI=1S/C15H16N4O2/c16-12-6-4-11(5-7-12)15(21)19-10-14(20)18-9-13-3-1-2-8-17-13/h1-8H,9-10,16H2,(H,18,20)(H,19,21). The lowest BCUT2D eigenvalue weighted by Gasteiger charge is -2.07. The molecule has 6 heteroatoms. The first-order valence-electron chi connectivity index (χ1n) is 6.45. The van der Waals surface area contributed by atoms with E-state index in [2.05, 4.69) is 15.6 Å². The summed E-state index contributed by atoms with van der Waals surface area (Å²) in [7, 11) is 0. The van der Waals surface area contributed by atoms with Crippen molar-refractivity contribution < 1.29 is 9.59 Å². The van der Waals surface area contributed by atoms with Gasteiger partial charge in [-0.15, -0.1) is 0 Å². The van der Waals surface area contributed by atoms with Gasteiger partial charge in [-0.2, -0.15) is 0 Å². The van der Waals surface area contributed by atoms with E-state index in [4.69, 9.17) is 5.73 Å². The summed E-state index contributed by atoms with van der Waals surface area (Å²) in [5, 5.41) is 5.22. The van der Waals surface area contributed by atoms with Crippen LogP contribution in [0.2, 0.25) is 0 Å². The van der Waals surface area contributed by atoms with E-state index in [1.807, 2.05) is 12.1 Å². The molecule has 0 atom stereocenters. The summed E-state index contributed by atoms with van der Waals surface area (Å²) >= 11 is 0. The van der Waals surface area contributed by atoms with Crippen LogP contribution < -0.4 is 16.4 Å². The van der Waals surface area contributed by atoms with E-state index in [1.54, 1.807) is 36.5 Å². The minimum absolute atomic E-state index is 0.0873. The summed E-state index contributed by atoms with van der Waals surface area (Å²) in [6.45, 7) is 0.244. The van der Waals surface area contributed by atoms with E-state index in [0.29, 0.717) is 17.8 Å². The van der Waals surface area contributed by atoms with Crippen LogP contribution in [0.1, 0.15) is 16.1 Å². The largest absolute Gasteiger partial charge is 0.399 e. The molecule has 0 radical (unpaired) electrons. The molecule has 0 fully saturated rings. The highest BCUT2D eigenvalue weighted by Crippen LogP contribution is 2.04. The van der Waals surface area contributed by atoms with Gasteiger partial charge in [0.1, 0.15) is 0 Å². The number of nitrogens with two attached hydrogens (primary N) is 1. The molecule has 0 aliphatic heterocycles. The van der Waals surface area contributed by atoms with Crippen LogP contribution in [0.25, 0.3) is 0 Å². The number of nitrogen functional groups attached to an aromatic ring is 1. The summed E-state index contributed by atoms with van der Waals surface area (Å²) in [5.41, 5.74) is 7.34. The van der Waals surface area contributed by atoms with Crippen LogP contribution >= 0.6 is 0 Å². The summed E-state index contributed by atoms with van der Waals surface area (Å²) < 4.78 is 0. The van der Waals surface area contributed by atoms with Gasteiger partial charge in [0.2, 0.25) is 5.91 Å². The van der Waals surface area contributed by atoms with E-state index >= 15 is 0 Å². The number of hydrogen-bond donors (Lipinski definition) is 3. The Kier molecular flexibility index (Phi) is 4.87. The first-order valence-corrected chi connectivity index (χ1v) is 6.45. The Labute approximate surface area is 122 Å². The second-order valence-corrected chi connectivity index (χ2v) is 4.40. The van der Waals surface area contributed by atoms with Gasteiger partial charge in [0.15, 0.2) is 0 Å². The molecule has 108 valence electrons. The number of hydrogen-bond acceptors (Lipinski definition) is 4. The first-order chi connectivity index (χ1) is 10.1. The minimum Gasteiger partial charge on any atom is -0.399 e. The summed E-state index contributed by atoms with van der Waals surface area (Å²) in [6.07, 6.45) is 1.66. The van der Waals surface area contributed by atoms with Gasteiger partial charge in [-0.05, 0) is 36.4 Å². The molecular weight excluding hydrogens is 268 g/mol. The SMILES string of the molecule is Nc1ccc(C(=O)NCC(=O)NCc2ccccn2)cc1. The molecule has 0 spiro atoms. The van der Waals surface area contributed by atoms with Gasteiger partial charge in [-0.1, -0.05) is 6.07 Å². The monoisotopic (exact) mass is 284 g/mol. The molecule has 2 rings (SSSR count). The molecule has 21 heavy (non-hydrogen) atoms. The zero-order valence-corrected chi connectivity index (χ0v) is 11.4. The lowest BCUT2D eigenvalue weighted by Crippen LogP contribution is -2.36. The number of benzene rings is 1. The molecular formula is C15H16N4O2. The third-order valence-electron chi connectivity index (χ3n) is 2.78. The molecule has 2 amide bonds. The topological polar surface area (TPSA) is 97.1 Å². The van der Waals surface area contributed by atoms with Crippen molar-refractivity contribution in [3.63, 3.8) is 0 Å². The average Bonchev–Trinajstić information content (AvgIpc) is 2.52. The number of nitrogens with zero attached hydrogens (tertiary/aromatic N) is 1. The number of carbonyl (C=O) groups excluding carboxylic acids is 2. The predicted octanol–water partition coefficient (Wildman–Crippen LogP) is 0.710. The second-order valence-electron chi connectivity index (χ2n) is 4.40. The van der Waals surface area contributed by atoms with Crippen molar-refractivity contribution in [1.82, 2.24) is 15.6 Å². The van der Waals surface area contributed by atoms with Crippen molar-refractivity contribution in [2.75, 3.05) is 12.3 Å². The second kappa shape index (κ2) is 7.04. The molecule has 1 heterocycles. The zero-order chi connectivity index (χ0) is 15.1. The normalized spacial score (nSPS) is 9.90. The molecule has 0 bridgehead atoms. The van der Waals surface area contributed by atoms with Gasteiger partial charge in [0, 0.05) is 17.4 Å². The lowest BCUT2D eigenvalue weighted by molar-refractivity contribution is -0.120. The Morgan fingerprint density at radius 3 is 2.48 bits per heavy atom. The van der Waals surface area contributed by atoms with Gasteiger partial charge in [0.25, 0.3) is 5.91 Å². The first kappa shape index (κ1) is 14.5. The van der Waals surface area contributed by atoms with Crippen molar-refractivity contribution >= 4 is 17.5 Å². The number of anilines is 1. The van der Waals surface area contributed by atoms with Crippen LogP contribution in [0.5, 0.6) is 0 Å². The maximum absolute atomic E-state index is 11.8. The Balaban J connectivity index is 1.76. The van der Waals surface area contributed by atoms with E-state index in [9.17, 15) is 9.59 Å². The van der Waals surface area contributed by atoms with Crippen LogP contribution in [0, 0.1) is 0 Å². The van der Waals surface area contributed by atoms with Gasteiger partial charge in [-0.3, -0.25) is 14.6 Å². The fourth-order valence-electron chi connectivity index (χ4n) is 1.65. The molecule has 0 aliphatic carbocycles. The van der Waals surface area contributed by atoms with Gasteiger partial charge in [-0.25, -0.2) is 0 Å². The highest BCUT2D eigenvalue weighted by molar-refractivity contribution is 5.96. The van der Waals surface area contributed by atoms with Crippen molar-refractivity contribution in [1.29, 1.82) is 0 Å². The maximum atomic E-state index is 11.8. The van der Waals surface area contributed by atoms with E-state index in [1.165, 1.54) is 0 Å². The van der Waals surface area contributed by atoms with Crippen molar-refractivity contribution in [2.24, 2.45) is 0 Å². The van der Waals surface area contributed by atoms with Crippen LogP contribution in [0.3, 0.4) is 0 Å². The maximum Gasteiger partial charge on any atom is 0.251 e. The number of amides is 2. The van der Waals surface area contributed by atoms with E-state index in [0.717, 1.165) is 5.69 Å². The van der Waals surface area contributed by atoms with Crippen LogP contribution in [-0.2, 0) is 11.3 Å². The van der Waals surface area contributed by atoms with Crippen LogP contribution in [-0.4, -0.2) is 23.3 Å². The van der Waals surface area contributed by atoms with E-state index < -0.39 is 0 Å². The molecule has 0 saturated heterocycles. The third-order valence-corrected chi connectivity index (χ3v) is 2.78. The molecule has 2 aromatic rings. The molecule has 1 aromatic heterocycles. The summed E-state index contributed by atoms with van der Waals surface area (Å²) in [6, 6.07) is 11.9. The molecule has 0 unspecified atom stereocenters. The van der Waals surface area contributed by atoms with E-state index in [-0.39, 0.29) is 18.4 Å². The van der Waals surface area contributed by atoms with Gasteiger partial charge in [0.05, 0.1) is 18.8 Å². The number of pyridine rings is 1. The van der Waals surface area contributed by atoms with Gasteiger partial charge < -0.3 is 16.4 Å². The minimum atomic E-state index is -0.317. The summed E-state index contributed by atoms with van der Waals surface area (Å²) in [5.74, 6) is -0.590. The molecule has 0 aliphatic rings.